The van der Waals surface area contributed by atoms with E-state index in [0.29, 0.717) is 5.92 Å². The van der Waals surface area contributed by atoms with Gasteiger partial charge in [0, 0.05) is 33.6 Å². The van der Waals surface area contributed by atoms with E-state index >= 15 is 0 Å². The Morgan fingerprint density at radius 3 is 2.00 bits per heavy atom. The molecule has 266 valence electrons. The van der Waals surface area contributed by atoms with Crippen molar-refractivity contribution < 1.29 is 4.42 Å². The first kappa shape index (κ1) is 33.4. The van der Waals surface area contributed by atoms with E-state index in [4.69, 9.17) is 4.42 Å². The lowest BCUT2D eigenvalue weighted by molar-refractivity contribution is 0.607. The second-order valence-electron chi connectivity index (χ2n) is 14.5. The highest BCUT2D eigenvalue weighted by molar-refractivity contribution is 6.12. The summed E-state index contributed by atoms with van der Waals surface area (Å²) >= 11 is 0. The van der Waals surface area contributed by atoms with Crippen molar-refractivity contribution in [1.82, 2.24) is 0 Å². The van der Waals surface area contributed by atoms with Crippen molar-refractivity contribution in [3.8, 4) is 11.1 Å². The van der Waals surface area contributed by atoms with Crippen LogP contribution in [0.1, 0.15) is 34.8 Å². The van der Waals surface area contributed by atoms with Crippen molar-refractivity contribution in [2.24, 2.45) is 0 Å². The van der Waals surface area contributed by atoms with E-state index < -0.39 is 0 Å². The summed E-state index contributed by atoms with van der Waals surface area (Å²) in [5.41, 5.74) is 9.99. The van der Waals surface area contributed by atoms with Crippen LogP contribution in [0.4, 0.5) is 17.1 Å². The molecule has 1 aliphatic carbocycles. The molecule has 8 aromatic carbocycles. The number of allylic oxidation sites excluding steroid dienone is 4. The van der Waals surface area contributed by atoms with Gasteiger partial charge in [0.05, 0.1) is 5.69 Å². The highest BCUT2D eigenvalue weighted by Gasteiger charge is 2.18. The molecule has 2 heteroatoms. The molecule has 2 nitrogen and oxygen atoms in total. The van der Waals surface area contributed by atoms with E-state index in [9.17, 15) is 0 Å². The molecule has 0 fully saturated rings. The third-order valence-corrected chi connectivity index (χ3v) is 11.2. The van der Waals surface area contributed by atoms with Crippen LogP contribution in [0.25, 0.3) is 72.6 Å². The van der Waals surface area contributed by atoms with Crippen LogP contribution >= 0.6 is 0 Å². The van der Waals surface area contributed by atoms with Gasteiger partial charge in [0.25, 0.3) is 0 Å². The molecule has 0 saturated heterocycles. The van der Waals surface area contributed by atoms with Gasteiger partial charge in [0.1, 0.15) is 11.3 Å². The van der Waals surface area contributed by atoms with Gasteiger partial charge < -0.3 is 9.32 Å². The molecule has 0 N–H and O–H groups in total. The summed E-state index contributed by atoms with van der Waals surface area (Å²) in [6.07, 6.45) is 16.0. The van der Waals surface area contributed by atoms with Crippen LogP contribution in [-0.2, 0) is 0 Å². The van der Waals surface area contributed by atoms with Crippen molar-refractivity contribution >= 4 is 78.6 Å². The Kier molecular flexibility index (Phi) is 8.50. The maximum atomic E-state index is 6.43. The summed E-state index contributed by atoms with van der Waals surface area (Å²) < 4.78 is 6.43. The molecule has 0 radical (unpaired) electrons. The van der Waals surface area contributed by atoms with E-state index in [1.54, 1.807) is 0 Å². The number of para-hydroxylation sites is 1. The molecule has 1 atom stereocenters. The molecule has 10 rings (SSSR count). The Morgan fingerprint density at radius 1 is 0.554 bits per heavy atom. The van der Waals surface area contributed by atoms with Crippen LogP contribution in [0.15, 0.2) is 199 Å². The second kappa shape index (κ2) is 14.2. The van der Waals surface area contributed by atoms with Gasteiger partial charge in [0.2, 0.25) is 0 Å². The van der Waals surface area contributed by atoms with E-state index in [0.717, 1.165) is 62.1 Å². The summed E-state index contributed by atoms with van der Waals surface area (Å²) in [6.45, 7) is 4.10. The number of rotatable bonds is 8. The van der Waals surface area contributed by atoms with Crippen molar-refractivity contribution in [3.63, 3.8) is 0 Å². The molecule has 0 aliphatic heterocycles. The number of benzene rings is 8. The smallest absolute Gasteiger partial charge is 0.143 e. The molecule has 1 unspecified atom stereocenters. The van der Waals surface area contributed by atoms with Crippen LogP contribution in [0.3, 0.4) is 0 Å². The number of anilines is 3. The number of nitrogens with zero attached hydrogens (tertiary/aromatic N) is 1. The summed E-state index contributed by atoms with van der Waals surface area (Å²) in [6, 6.07) is 59.2. The van der Waals surface area contributed by atoms with Crippen LogP contribution < -0.4 is 4.90 Å². The minimum absolute atomic E-state index is 0.385. The number of furan rings is 1. The fourth-order valence-corrected chi connectivity index (χ4v) is 8.40. The van der Waals surface area contributed by atoms with E-state index in [1.807, 2.05) is 6.08 Å². The molecule has 9 aromatic rings. The summed E-state index contributed by atoms with van der Waals surface area (Å²) in [7, 11) is 0. The lowest BCUT2D eigenvalue weighted by Gasteiger charge is -2.28. The molecule has 1 heterocycles. The van der Waals surface area contributed by atoms with Gasteiger partial charge in [-0.1, -0.05) is 164 Å². The predicted octanol–water partition coefficient (Wildman–Crippen LogP) is 15.4. The zero-order valence-electron chi connectivity index (χ0n) is 31.0. The van der Waals surface area contributed by atoms with Gasteiger partial charge in [-0.25, -0.2) is 0 Å². The molecule has 1 aromatic heterocycles. The molecule has 1 aliphatic rings. The Labute approximate surface area is 327 Å². The fraction of sp³-hybridized carbons (Fsp3) is 0.0370. The molecule has 0 spiro atoms. The zero-order chi connectivity index (χ0) is 37.4. The third kappa shape index (κ3) is 5.93. The second-order valence-corrected chi connectivity index (χ2v) is 14.5. The van der Waals surface area contributed by atoms with Crippen LogP contribution in [0, 0.1) is 0 Å². The van der Waals surface area contributed by atoms with Crippen LogP contribution in [0.2, 0.25) is 0 Å². The van der Waals surface area contributed by atoms with Crippen molar-refractivity contribution in [2.45, 2.75) is 12.3 Å². The number of hydrogen-bond acceptors (Lipinski definition) is 2. The Morgan fingerprint density at radius 2 is 1.23 bits per heavy atom. The highest BCUT2D eigenvalue weighted by Crippen LogP contribution is 2.41. The van der Waals surface area contributed by atoms with E-state index in [-0.39, 0.29) is 0 Å². The van der Waals surface area contributed by atoms with Crippen molar-refractivity contribution in [2.75, 3.05) is 4.90 Å². The SMILES string of the molecule is C=Cc1oc2c(ccc3ccccc32)c1/C=C/c1ccccc1N(c1ccc(-c2cccc3c2ccc2ccccc23)cc1)c1ccc(C2C=CC=CC2)cc1. The molecule has 0 bridgehead atoms. The average Bonchev–Trinajstić information content (AvgIpc) is 3.65. The highest BCUT2D eigenvalue weighted by atomic mass is 16.3. The quantitative estimate of drug-likeness (QED) is 0.146. The first-order valence-electron chi connectivity index (χ1n) is 19.3. The number of hydrogen-bond donors (Lipinski definition) is 0. The summed E-state index contributed by atoms with van der Waals surface area (Å²) in [4.78, 5) is 2.37. The van der Waals surface area contributed by atoms with E-state index in [1.165, 1.54) is 38.2 Å². The standard InChI is InChI=1S/C54H39NO/c1-2-53-50(51-36-28-40-16-7-10-19-47(40)54(51)56-53)35-29-42-17-8-11-22-52(42)55(43-30-23-38(24-31-43)37-13-4-3-5-14-37)44-32-25-41(26-33-44)46-20-12-21-48-45-18-9-6-15-39(45)27-34-49(46)48/h2-13,15-37H,1,14H2/b35-29+. The van der Waals surface area contributed by atoms with E-state index in [2.05, 4.69) is 212 Å². The van der Waals surface area contributed by atoms with Gasteiger partial charge in [-0.3, -0.25) is 0 Å². The fourth-order valence-electron chi connectivity index (χ4n) is 8.40. The average molecular weight is 718 g/mol. The Hall–Kier alpha value is -7.16. The molecule has 56 heavy (non-hydrogen) atoms. The normalized spacial score (nSPS) is 14.0. The molecular weight excluding hydrogens is 679 g/mol. The van der Waals surface area contributed by atoms with Gasteiger partial charge in [-0.2, -0.15) is 0 Å². The van der Waals surface area contributed by atoms with Gasteiger partial charge in [0.15, 0.2) is 0 Å². The van der Waals surface area contributed by atoms with Gasteiger partial charge in [-0.15, -0.1) is 0 Å². The molecule has 0 saturated carbocycles. The lowest BCUT2D eigenvalue weighted by Crippen LogP contribution is -2.11. The topological polar surface area (TPSA) is 16.4 Å². The minimum Gasteiger partial charge on any atom is -0.455 e. The number of fused-ring (bicyclic) bond motifs is 6. The summed E-state index contributed by atoms with van der Waals surface area (Å²) in [5, 5.41) is 8.39. The lowest BCUT2D eigenvalue weighted by atomic mass is 9.92. The summed E-state index contributed by atoms with van der Waals surface area (Å²) in [5.74, 6) is 1.15. The third-order valence-electron chi connectivity index (χ3n) is 11.2. The largest absolute Gasteiger partial charge is 0.455 e. The first-order chi connectivity index (χ1) is 27.7. The zero-order valence-corrected chi connectivity index (χ0v) is 31.0. The van der Waals surface area contributed by atoms with Crippen molar-refractivity contribution in [3.05, 3.63) is 217 Å². The van der Waals surface area contributed by atoms with Gasteiger partial charge >= 0.3 is 0 Å². The Balaban J connectivity index is 1.07. The monoisotopic (exact) mass is 717 g/mol. The molecule has 0 amide bonds. The maximum Gasteiger partial charge on any atom is 0.143 e. The van der Waals surface area contributed by atoms with Gasteiger partial charge in [-0.05, 0) is 104 Å². The first-order valence-corrected chi connectivity index (χ1v) is 19.3. The van der Waals surface area contributed by atoms with Crippen LogP contribution in [-0.4, -0.2) is 0 Å². The predicted molar refractivity (Wildman–Crippen MR) is 240 cm³/mol. The maximum absolute atomic E-state index is 6.43. The van der Waals surface area contributed by atoms with Crippen LogP contribution in [0.5, 0.6) is 0 Å². The minimum atomic E-state index is 0.385. The Bertz CT molecular complexity index is 3010. The van der Waals surface area contributed by atoms with Crippen molar-refractivity contribution in [1.29, 1.82) is 0 Å². The molecular formula is C54H39NO.